The van der Waals surface area contributed by atoms with Crippen molar-refractivity contribution < 1.29 is 5.11 Å². The Balaban J connectivity index is 0.000000659. The third-order valence-electron chi connectivity index (χ3n) is 2.85. The molecule has 1 aromatic rings. The Morgan fingerprint density at radius 2 is 1.61 bits per heavy atom. The Hall–Kier alpha value is -1.37. The van der Waals surface area contributed by atoms with E-state index in [4.69, 9.17) is 10.4 Å². The number of piperidine rings is 1. The monoisotopic (exact) mass is 248 g/mol. The first-order valence-electron chi connectivity index (χ1n) is 6.55. The lowest BCUT2D eigenvalue weighted by Crippen LogP contribution is -2.26. The fraction of sp³-hybridized carbons (Fsp3) is 0.533. The summed E-state index contributed by atoms with van der Waals surface area (Å²) >= 11 is 0. The summed E-state index contributed by atoms with van der Waals surface area (Å²) in [5, 5.41) is 19.0. The van der Waals surface area contributed by atoms with Crippen molar-refractivity contribution in [3.05, 3.63) is 35.4 Å². The summed E-state index contributed by atoms with van der Waals surface area (Å²) in [7, 11) is 1.00. The molecule has 0 amide bonds. The number of nitrogens with zero attached hydrogens (tertiary/aromatic N) is 1. The van der Waals surface area contributed by atoms with E-state index >= 15 is 0 Å². The van der Waals surface area contributed by atoms with Gasteiger partial charge in [-0.1, -0.05) is 26.0 Å². The number of nitriles is 1. The Morgan fingerprint density at radius 1 is 1.11 bits per heavy atom. The minimum absolute atomic E-state index is 0.684. The fourth-order valence-corrected chi connectivity index (χ4v) is 1.99. The van der Waals surface area contributed by atoms with Gasteiger partial charge in [0.1, 0.15) is 0 Å². The van der Waals surface area contributed by atoms with Gasteiger partial charge in [0.2, 0.25) is 0 Å². The quantitative estimate of drug-likeness (QED) is 0.803. The van der Waals surface area contributed by atoms with Crippen LogP contribution in [0.4, 0.5) is 0 Å². The van der Waals surface area contributed by atoms with Crippen LogP contribution < -0.4 is 5.32 Å². The molecule has 3 heteroatoms. The molecule has 100 valence electrons. The highest BCUT2D eigenvalue weighted by molar-refractivity contribution is 5.33. The third-order valence-corrected chi connectivity index (χ3v) is 2.85. The molecular weight excluding hydrogens is 224 g/mol. The van der Waals surface area contributed by atoms with Crippen LogP contribution in [0.2, 0.25) is 0 Å². The van der Waals surface area contributed by atoms with Gasteiger partial charge in [0, 0.05) is 7.11 Å². The molecule has 1 heterocycles. The lowest BCUT2D eigenvalue weighted by atomic mass is 9.90. The first-order chi connectivity index (χ1) is 8.90. The van der Waals surface area contributed by atoms with Crippen molar-refractivity contribution >= 4 is 0 Å². The molecule has 3 nitrogen and oxygen atoms in total. The lowest BCUT2D eigenvalue weighted by molar-refractivity contribution is 0.399. The van der Waals surface area contributed by atoms with Crippen molar-refractivity contribution in [3.8, 4) is 6.07 Å². The average molecular weight is 248 g/mol. The molecule has 2 rings (SSSR count). The van der Waals surface area contributed by atoms with Crippen LogP contribution in [0.1, 0.15) is 43.7 Å². The summed E-state index contributed by atoms with van der Waals surface area (Å²) in [6.45, 7) is 6.23. The second-order valence-corrected chi connectivity index (χ2v) is 3.76. The van der Waals surface area contributed by atoms with Crippen molar-refractivity contribution in [1.29, 1.82) is 5.26 Å². The Labute approximate surface area is 110 Å². The molecule has 0 unspecified atom stereocenters. The van der Waals surface area contributed by atoms with Gasteiger partial charge in [0.15, 0.2) is 0 Å². The average Bonchev–Trinajstić information content (AvgIpc) is 2.52. The highest BCUT2D eigenvalue weighted by Gasteiger charge is 2.14. The second kappa shape index (κ2) is 10.8. The van der Waals surface area contributed by atoms with Gasteiger partial charge < -0.3 is 10.4 Å². The van der Waals surface area contributed by atoms with Crippen LogP contribution in [0, 0.1) is 11.3 Å². The van der Waals surface area contributed by atoms with Gasteiger partial charge >= 0.3 is 0 Å². The first kappa shape index (κ1) is 16.6. The molecule has 2 N–H and O–H groups in total. The maximum Gasteiger partial charge on any atom is 0.0991 e. The van der Waals surface area contributed by atoms with Crippen LogP contribution in [-0.4, -0.2) is 25.3 Å². The van der Waals surface area contributed by atoms with Crippen molar-refractivity contribution in [1.82, 2.24) is 5.32 Å². The molecule has 0 aliphatic carbocycles. The van der Waals surface area contributed by atoms with E-state index in [-0.39, 0.29) is 0 Å². The van der Waals surface area contributed by atoms with E-state index < -0.39 is 0 Å². The highest BCUT2D eigenvalue weighted by atomic mass is 16.2. The molecule has 0 saturated carbocycles. The van der Waals surface area contributed by atoms with E-state index in [1.54, 1.807) is 0 Å². The normalized spacial score (nSPS) is 14.4. The van der Waals surface area contributed by atoms with Gasteiger partial charge in [-0.25, -0.2) is 0 Å². The van der Waals surface area contributed by atoms with Crippen LogP contribution in [0.3, 0.4) is 0 Å². The van der Waals surface area contributed by atoms with Gasteiger partial charge in [0.05, 0.1) is 11.6 Å². The molecule has 1 aliphatic rings. The van der Waals surface area contributed by atoms with Crippen molar-refractivity contribution in [3.63, 3.8) is 0 Å². The first-order valence-corrected chi connectivity index (χ1v) is 6.55. The van der Waals surface area contributed by atoms with Crippen LogP contribution in [0.25, 0.3) is 0 Å². The highest BCUT2D eigenvalue weighted by Crippen LogP contribution is 2.24. The second-order valence-electron chi connectivity index (χ2n) is 3.76. The Kier molecular flexibility index (Phi) is 9.94. The SMILES string of the molecule is CC.CO.N#Cc1ccc(C2CCNCC2)cc1. The van der Waals surface area contributed by atoms with E-state index in [0.717, 1.165) is 25.8 Å². The van der Waals surface area contributed by atoms with Crippen LogP contribution in [0.5, 0.6) is 0 Å². The van der Waals surface area contributed by atoms with Crippen molar-refractivity contribution in [2.24, 2.45) is 0 Å². The zero-order valence-electron chi connectivity index (χ0n) is 11.6. The number of benzene rings is 1. The van der Waals surface area contributed by atoms with Gasteiger partial charge in [-0.2, -0.15) is 5.26 Å². The molecule has 18 heavy (non-hydrogen) atoms. The summed E-state index contributed by atoms with van der Waals surface area (Å²) < 4.78 is 0. The van der Waals surface area contributed by atoms with Crippen molar-refractivity contribution in [2.45, 2.75) is 32.6 Å². The van der Waals surface area contributed by atoms with E-state index in [2.05, 4.69) is 23.5 Å². The van der Waals surface area contributed by atoms with Gasteiger partial charge in [-0.05, 0) is 49.5 Å². The number of aliphatic hydroxyl groups excluding tert-OH is 1. The van der Waals surface area contributed by atoms with Crippen LogP contribution in [-0.2, 0) is 0 Å². The zero-order valence-corrected chi connectivity index (χ0v) is 11.6. The largest absolute Gasteiger partial charge is 0.400 e. The molecule has 0 spiro atoms. The number of rotatable bonds is 1. The predicted molar refractivity (Wildman–Crippen MR) is 75.5 cm³/mol. The fourth-order valence-electron chi connectivity index (χ4n) is 1.99. The molecule has 0 bridgehead atoms. The van der Waals surface area contributed by atoms with Gasteiger partial charge in [0.25, 0.3) is 0 Å². The Morgan fingerprint density at radius 3 is 2.06 bits per heavy atom. The van der Waals surface area contributed by atoms with Crippen LogP contribution >= 0.6 is 0 Å². The zero-order chi connectivity index (χ0) is 13.8. The van der Waals surface area contributed by atoms with Crippen molar-refractivity contribution in [2.75, 3.05) is 20.2 Å². The topological polar surface area (TPSA) is 56.0 Å². The van der Waals surface area contributed by atoms with E-state index in [1.165, 1.54) is 18.4 Å². The van der Waals surface area contributed by atoms with E-state index in [0.29, 0.717) is 5.92 Å². The summed E-state index contributed by atoms with van der Waals surface area (Å²) in [4.78, 5) is 0. The molecule has 1 aliphatic heterocycles. The summed E-state index contributed by atoms with van der Waals surface area (Å²) in [5.74, 6) is 0.684. The molecule has 1 saturated heterocycles. The smallest absolute Gasteiger partial charge is 0.0991 e. The molecule has 1 aromatic carbocycles. The predicted octanol–water partition coefficient (Wildman–Crippen LogP) is 2.66. The molecule has 0 aromatic heterocycles. The molecule has 1 fully saturated rings. The number of aliphatic hydroxyl groups is 1. The minimum Gasteiger partial charge on any atom is -0.400 e. The number of hydrogen-bond acceptors (Lipinski definition) is 3. The number of nitrogens with one attached hydrogen (secondary N) is 1. The summed E-state index contributed by atoms with van der Waals surface area (Å²) in [6.07, 6.45) is 2.43. The van der Waals surface area contributed by atoms with Gasteiger partial charge in [-0.3, -0.25) is 0 Å². The maximum absolute atomic E-state index is 8.68. The molecule has 0 radical (unpaired) electrons. The Bertz CT molecular complexity index is 335. The minimum atomic E-state index is 0.684. The van der Waals surface area contributed by atoms with E-state index in [9.17, 15) is 0 Å². The van der Waals surface area contributed by atoms with E-state index in [1.807, 2.05) is 26.0 Å². The third kappa shape index (κ3) is 5.31. The van der Waals surface area contributed by atoms with Crippen LogP contribution in [0.15, 0.2) is 24.3 Å². The molecule has 0 atom stereocenters. The molecular formula is C15H24N2O. The summed E-state index contributed by atoms with van der Waals surface area (Å²) in [5.41, 5.74) is 2.13. The standard InChI is InChI=1S/C12H14N2.C2H6.CH4O/c13-9-10-1-3-11(4-2-10)12-5-7-14-8-6-12;2*1-2/h1-4,12,14H,5-8H2;1-2H3;2H,1H3. The lowest BCUT2D eigenvalue weighted by Gasteiger charge is -2.22. The summed E-state index contributed by atoms with van der Waals surface area (Å²) in [6, 6.07) is 10.2. The maximum atomic E-state index is 8.68. The number of hydrogen-bond donors (Lipinski definition) is 2. The van der Waals surface area contributed by atoms with Gasteiger partial charge in [-0.15, -0.1) is 0 Å².